The lowest BCUT2D eigenvalue weighted by molar-refractivity contribution is 0.239. The average molecular weight is 228 g/mol. The number of hydrogen-bond acceptors (Lipinski definition) is 3. The van der Waals surface area contributed by atoms with Gasteiger partial charge >= 0.3 is 0 Å². The number of benzene rings is 1. The molecule has 1 fully saturated rings. The van der Waals surface area contributed by atoms with E-state index in [2.05, 4.69) is 15.2 Å². The Morgan fingerprint density at radius 2 is 2.00 bits per heavy atom. The summed E-state index contributed by atoms with van der Waals surface area (Å²) in [6.07, 6.45) is 3.47. The molecular weight excluding hydrogens is 212 g/mol. The third-order valence-corrected chi connectivity index (χ3v) is 3.72. The van der Waals surface area contributed by atoms with Crippen molar-refractivity contribution < 1.29 is 0 Å². The van der Waals surface area contributed by atoms with E-state index in [1.807, 2.05) is 30.3 Å². The fraction of sp³-hybridized carbons (Fsp3) is 0.385. The lowest BCUT2D eigenvalue weighted by Gasteiger charge is -2.38. The van der Waals surface area contributed by atoms with Crippen LogP contribution in [0.5, 0.6) is 0 Å². The molecule has 3 N–H and O–H groups in total. The van der Waals surface area contributed by atoms with Gasteiger partial charge in [-0.2, -0.15) is 5.10 Å². The van der Waals surface area contributed by atoms with Crippen molar-refractivity contribution in [3.63, 3.8) is 0 Å². The third-order valence-electron chi connectivity index (χ3n) is 3.72. The van der Waals surface area contributed by atoms with E-state index in [0.717, 1.165) is 30.1 Å². The average Bonchev–Trinajstić information content (AvgIpc) is 2.80. The molecule has 1 aliphatic carbocycles. The molecule has 2 aromatic rings. The first-order valence-electron chi connectivity index (χ1n) is 6.02. The van der Waals surface area contributed by atoms with Crippen LogP contribution in [0.4, 0.5) is 0 Å². The molecule has 0 aliphatic heterocycles. The van der Waals surface area contributed by atoms with Crippen LogP contribution in [0, 0.1) is 0 Å². The van der Waals surface area contributed by atoms with Crippen LogP contribution in [0.3, 0.4) is 0 Å². The lowest BCUT2D eigenvalue weighted by Crippen LogP contribution is -2.42. The Balaban J connectivity index is 1.93. The Morgan fingerprint density at radius 3 is 2.59 bits per heavy atom. The van der Waals surface area contributed by atoms with E-state index in [0.29, 0.717) is 6.54 Å². The second-order valence-corrected chi connectivity index (χ2v) is 4.71. The second kappa shape index (κ2) is 3.96. The molecule has 1 heterocycles. The first-order chi connectivity index (χ1) is 8.34. The summed E-state index contributed by atoms with van der Waals surface area (Å²) in [4.78, 5) is 4.60. The Morgan fingerprint density at radius 1 is 1.24 bits per heavy atom. The van der Waals surface area contributed by atoms with Crippen molar-refractivity contribution in [2.45, 2.75) is 24.7 Å². The summed E-state index contributed by atoms with van der Waals surface area (Å²) in [6.45, 7) is 0.649. The van der Waals surface area contributed by atoms with Gasteiger partial charge < -0.3 is 5.73 Å². The first kappa shape index (κ1) is 10.5. The molecule has 1 saturated carbocycles. The molecule has 4 nitrogen and oxygen atoms in total. The van der Waals surface area contributed by atoms with Crippen LogP contribution in [0.1, 0.15) is 25.1 Å². The Labute approximate surface area is 100 Å². The summed E-state index contributed by atoms with van der Waals surface area (Å²) >= 11 is 0. The highest BCUT2D eigenvalue weighted by Crippen LogP contribution is 2.41. The van der Waals surface area contributed by atoms with E-state index >= 15 is 0 Å². The van der Waals surface area contributed by atoms with E-state index < -0.39 is 0 Å². The van der Waals surface area contributed by atoms with Crippen LogP contribution in [-0.2, 0) is 5.41 Å². The fourth-order valence-corrected chi connectivity index (χ4v) is 2.36. The Kier molecular flexibility index (Phi) is 2.44. The minimum atomic E-state index is 0.0556. The molecule has 1 aromatic carbocycles. The predicted molar refractivity (Wildman–Crippen MR) is 66.4 cm³/mol. The molecular formula is C13H16N4. The molecule has 0 spiro atoms. The number of nitrogens with two attached hydrogens (primary N) is 1. The van der Waals surface area contributed by atoms with Crippen molar-refractivity contribution in [3.05, 3.63) is 36.2 Å². The van der Waals surface area contributed by atoms with Crippen LogP contribution in [0.25, 0.3) is 11.4 Å². The predicted octanol–water partition coefficient (Wildman–Crippen LogP) is 1.85. The zero-order valence-electron chi connectivity index (χ0n) is 9.69. The van der Waals surface area contributed by atoms with Crippen LogP contribution in [-0.4, -0.2) is 21.7 Å². The maximum atomic E-state index is 5.86. The minimum absolute atomic E-state index is 0.0556. The third kappa shape index (κ3) is 1.65. The van der Waals surface area contributed by atoms with E-state index in [1.54, 1.807) is 0 Å². The van der Waals surface area contributed by atoms with Gasteiger partial charge in [0.25, 0.3) is 0 Å². The second-order valence-electron chi connectivity index (χ2n) is 4.71. The fourth-order valence-electron chi connectivity index (χ4n) is 2.36. The van der Waals surface area contributed by atoms with Gasteiger partial charge in [-0.15, -0.1) is 0 Å². The van der Waals surface area contributed by atoms with Gasteiger partial charge in [-0.05, 0) is 12.8 Å². The van der Waals surface area contributed by atoms with Crippen LogP contribution in [0.2, 0.25) is 0 Å². The van der Waals surface area contributed by atoms with Gasteiger partial charge in [-0.25, -0.2) is 4.98 Å². The molecule has 0 radical (unpaired) electrons. The molecule has 88 valence electrons. The summed E-state index contributed by atoms with van der Waals surface area (Å²) in [5.74, 6) is 1.71. The molecule has 3 rings (SSSR count). The number of rotatable bonds is 3. The molecule has 0 bridgehead atoms. The number of hydrogen-bond donors (Lipinski definition) is 2. The van der Waals surface area contributed by atoms with Gasteiger partial charge in [0.05, 0.1) is 0 Å². The minimum Gasteiger partial charge on any atom is -0.329 e. The van der Waals surface area contributed by atoms with Crippen LogP contribution < -0.4 is 5.73 Å². The SMILES string of the molecule is NCC1(c2nc(-c3ccccc3)n[nH]2)CCC1. The smallest absolute Gasteiger partial charge is 0.181 e. The molecule has 0 saturated heterocycles. The number of nitrogens with one attached hydrogen (secondary N) is 1. The summed E-state index contributed by atoms with van der Waals surface area (Å²) in [7, 11) is 0. The maximum absolute atomic E-state index is 5.86. The summed E-state index contributed by atoms with van der Waals surface area (Å²) < 4.78 is 0. The van der Waals surface area contributed by atoms with Crippen molar-refractivity contribution in [3.8, 4) is 11.4 Å². The zero-order valence-corrected chi connectivity index (χ0v) is 9.69. The van der Waals surface area contributed by atoms with Crippen molar-refractivity contribution in [2.24, 2.45) is 5.73 Å². The van der Waals surface area contributed by atoms with Gasteiger partial charge in [0.2, 0.25) is 0 Å². The number of aromatic amines is 1. The van der Waals surface area contributed by atoms with E-state index in [9.17, 15) is 0 Å². The summed E-state index contributed by atoms with van der Waals surface area (Å²) in [5, 5.41) is 7.35. The van der Waals surface area contributed by atoms with Gasteiger partial charge in [0.1, 0.15) is 5.82 Å². The first-order valence-corrected chi connectivity index (χ1v) is 6.02. The molecule has 17 heavy (non-hydrogen) atoms. The number of aromatic nitrogens is 3. The molecule has 1 aromatic heterocycles. The number of H-pyrrole nitrogens is 1. The number of nitrogens with zero attached hydrogens (tertiary/aromatic N) is 2. The molecule has 0 amide bonds. The molecule has 4 heteroatoms. The standard InChI is InChI=1S/C13H16N4/c14-9-13(7-4-8-13)12-15-11(16-17-12)10-5-2-1-3-6-10/h1-3,5-6H,4,7-9,14H2,(H,15,16,17). The van der Waals surface area contributed by atoms with Gasteiger partial charge in [-0.3, -0.25) is 5.10 Å². The van der Waals surface area contributed by atoms with Crippen molar-refractivity contribution in [2.75, 3.05) is 6.54 Å². The highest BCUT2D eigenvalue weighted by molar-refractivity contribution is 5.54. The van der Waals surface area contributed by atoms with E-state index in [4.69, 9.17) is 5.73 Å². The largest absolute Gasteiger partial charge is 0.329 e. The van der Waals surface area contributed by atoms with Gasteiger partial charge in [-0.1, -0.05) is 36.8 Å². The lowest BCUT2D eigenvalue weighted by atomic mass is 9.68. The highest BCUT2D eigenvalue weighted by atomic mass is 15.2. The van der Waals surface area contributed by atoms with Crippen LogP contribution >= 0.6 is 0 Å². The zero-order chi connectivity index (χ0) is 11.7. The van der Waals surface area contributed by atoms with Crippen LogP contribution in [0.15, 0.2) is 30.3 Å². The summed E-state index contributed by atoms with van der Waals surface area (Å²) in [6, 6.07) is 10.0. The maximum Gasteiger partial charge on any atom is 0.181 e. The van der Waals surface area contributed by atoms with E-state index in [-0.39, 0.29) is 5.41 Å². The van der Waals surface area contributed by atoms with Gasteiger partial charge in [0.15, 0.2) is 5.82 Å². The Hall–Kier alpha value is -1.68. The molecule has 1 aliphatic rings. The van der Waals surface area contributed by atoms with Crippen molar-refractivity contribution in [1.29, 1.82) is 0 Å². The Bertz CT molecular complexity index is 494. The molecule has 0 unspecified atom stereocenters. The highest BCUT2D eigenvalue weighted by Gasteiger charge is 2.40. The molecule has 0 atom stereocenters. The summed E-state index contributed by atoms with van der Waals surface area (Å²) in [5.41, 5.74) is 6.96. The van der Waals surface area contributed by atoms with Crippen molar-refractivity contribution in [1.82, 2.24) is 15.2 Å². The normalized spacial score (nSPS) is 17.7. The van der Waals surface area contributed by atoms with E-state index in [1.165, 1.54) is 6.42 Å². The van der Waals surface area contributed by atoms with Gasteiger partial charge in [0, 0.05) is 17.5 Å². The topological polar surface area (TPSA) is 67.6 Å². The quantitative estimate of drug-likeness (QED) is 0.842. The van der Waals surface area contributed by atoms with Crippen molar-refractivity contribution >= 4 is 0 Å². The monoisotopic (exact) mass is 228 g/mol.